The van der Waals surface area contributed by atoms with Crippen LogP contribution in [0.3, 0.4) is 0 Å². The van der Waals surface area contributed by atoms with E-state index >= 15 is 0 Å². The van der Waals surface area contributed by atoms with E-state index in [-0.39, 0.29) is 22.2 Å². The molecule has 0 spiro atoms. The first-order valence-corrected chi connectivity index (χ1v) is 7.15. The number of aromatic nitrogens is 3. The van der Waals surface area contributed by atoms with Crippen LogP contribution in [0.25, 0.3) is 0 Å². The molecule has 0 aliphatic rings. The molecule has 112 valence electrons. The molecule has 0 bridgehead atoms. The third kappa shape index (κ3) is 3.11. The Morgan fingerprint density at radius 1 is 1.43 bits per heavy atom. The predicted octanol–water partition coefficient (Wildman–Crippen LogP) is 0.621. The molecule has 0 unspecified atom stereocenters. The molecule has 21 heavy (non-hydrogen) atoms. The highest BCUT2D eigenvalue weighted by atomic mass is 32.2. The number of hydrogen-bond donors (Lipinski definition) is 3. The summed E-state index contributed by atoms with van der Waals surface area (Å²) >= 11 is 0. The lowest BCUT2D eigenvalue weighted by molar-refractivity contribution is 0.0696. The number of aromatic amines is 1. The molecular formula is C11H12N4O5S. The van der Waals surface area contributed by atoms with Crippen LogP contribution in [0, 0.1) is 6.92 Å². The highest BCUT2D eigenvalue weighted by Gasteiger charge is 2.22. The third-order valence-corrected chi connectivity index (χ3v) is 3.89. The van der Waals surface area contributed by atoms with Crippen molar-refractivity contribution >= 4 is 21.9 Å². The van der Waals surface area contributed by atoms with E-state index in [1.165, 1.54) is 13.2 Å². The van der Waals surface area contributed by atoms with E-state index in [9.17, 15) is 13.2 Å². The number of carboxylic acid groups (broad SMARTS) is 1. The van der Waals surface area contributed by atoms with Gasteiger partial charge in [-0.05, 0) is 25.1 Å². The smallest absolute Gasteiger partial charge is 0.335 e. The van der Waals surface area contributed by atoms with Crippen molar-refractivity contribution in [1.82, 2.24) is 15.2 Å². The summed E-state index contributed by atoms with van der Waals surface area (Å²) < 4.78 is 31.6. The number of carbonyl (C=O) groups is 1. The van der Waals surface area contributed by atoms with Crippen molar-refractivity contribution in [2.45, 2.75) is 11.8 Å². The summed E-state index contributed by atoms with van der Waals surface area (Å²) in [6.45, 7) is 1.62. The molecule has 2 rings (SSSR count). The normalized spacial score (nSPS) is 11.1. The minimum atomic E-state index is -4.00. The van der Waals surface area contributed by atoms with E-state index in [1.54, 1.807) is 6.92 Å². The number of nitrogens with one attached hydrogen (secondary N) is 2. The van der Waals surface area contributed by atoms with Crippen molar-refractivity contribution in [2.75, 3.05) is 11.8 Å². The van der Waals surface area contributed by atoms with Gasteiger partial charge in [-0.3, -0.25) is 5.10 Å². The van der Waals surface area contributed by atoms with Crippen molar-refractivity contribution in [1.29, 1.82) is 0 Å². The van der Waals surface area contributed by atoms with Gasteiger partial charge in [0.1, 0.15) is 16.5 Å². The second-order valence-electron chi connectivity index (χ2n) is 4.02. The van der Waals surface area contributed by atoms with Gasteiger partial charge in [0.25, 0.3) is 16.0 Å². The van der Waals surface area contributed by atoms with Gasteiger partial charge in [0.05, 0.1) is 12.7 Å². The van der Waals surface area contributed by atoms with Crippen LogP contribution in [0.2, 0.25) is 0 Å². The Morgan fingerprint density at radius 2 is 2.14 bits per heavy atom. The second-order valence-corrected chi connectivity index (χ2v) is 5.67. The lowest BCUT2D eigenvalue weighted by Gasteiger charge is -2.10. The summed E-state index contributed by atoms with van der Waals surface area (Å²) in [6.07, 6.45) is 0. The van der Waals surface area contributed by atoms with E-state index in [4.69, 9.17) is 9.84 Å². The van der Waals surface area contributed by atoms with Crippen molar-refractivity contribution < 1.29 is 23.1 Å². The number of carboxylic acids is 1. The van der Waals surface area contributed by atoms with Crippen molar-refractivity contribution in [3.63, 3.8) is 0 Å². The molecule has 3 N–H and O–H groups in total. The molecule has 0 atom stereocenters. The minimum Gasteiger partial charge on any atom is -0.495 e. The molecule has 9 nitrogen and oxygen atoms in total. The van der Waals surface area contributed by atoms with E-state index < -0.39 is 16.0 Å². The first kappa shape index (κ1) is 14.8. The zero-order chi connectivity index (χ0) is 15.6. The summed E-state index contributed by atoms with van der Waals surface area (Å²) in [4.78, 5) is 14.5. The fraction of sp³-hybridized carbons (Fsp3) is 0.182. The van der Waals surface area contributed by atoms with Gasteiger partial charge < -0.3 is 9.84 Å². The van der Waals surface area contributed by atoms with Crippen LogP contribution in [-0.4, -0.2) is 41.8 Å². The number of H-pyrrole nitrogens is 1. The molecule has 0 radical (unpaired) electrons. The van der Waals surface area contributed by atoms with E-state index in [0.29, 0.717) is 5.82 Å². The Labute approximate surface area is 120 Å². The van der Waals surface area contributed by atoms with Crippen molar-refractivity contribution in [3.05, 3.63) is 29.6 Å². The van der Waals surface area contributed by atoms with E-state index in [1.807, 2.05) is 0 Å². The summed E-state index contributed by atoms with van der Waals surface area (Å²) in [5.41, 5.74) is -0.0838. The molecule has 0 saturated heterocycles. The number of sulfonamides is 1. The number of anilines is 1. The Balaban J connectivity index is 2.42. The molecule has 0 aliphatic heterocycles. The second kappa shape index (κ2) is 5.40. The first-order valence-electron chi connectivity index (χ1n) is 5.66. The molecule has 0 fully saturated rings. The number of nitrogens with zero attached hydrogens (tertiary/aromatic N) is 2. The van der Waals surface area contributed by atoms with Gasteiger partial charge in [-0.2, -0.15) is 4.98 Å². The van der Waals surface area contributed by atoms with Crippen LogP contribution in [0.1, 0.15) is 16.2 Å². The van der Waals surface area contributed by atoms with Gasteiger partial charge in [-0.1, -0.05) is 0 Å². The molecular weight excluding hydrogens is 300 g/mol. The lowest BCUT2D eigenvalue weighted by Crippen LogP contribution is -2.15. The van der Waals surface area contributed by atoms with Crippen molar-refractivity contribution in [3.8, 4) is 5.75 Å². The highest BCUT2D eigenvalue weighted by molar-refractivity contribution is 7.92. The molecule has 1 aromatic carbocycles. The maximum Gasteiger partial charge on any atom is 0.335 e. The summed E-state index contributed by atoms with van der Waals surface area (Å²) in [7, 11) is -2.75. The number of hydrogen-bond acceptors (Lipinski definition) is 6. The maximum atomic E-state index is 12.2. The number of benzene rings is 1. The molecule has 0 amide bonds. The average molecular weight is 312 g/mol. The largest absolute Gasteiger partial charge is 0.495 e. The number of aromatic carboxylic acids is 1. The molecule has 10 heteroatoms. The fourth-order valence-electron chi connectivity index (χ4n) is 1.59. The predicted molar refractivity (Wildman–Crippen MR) is 71.9 cm³/mol. The zero-order valence-electron chi connectivity index (χ0n) is 11.1. The van der Waals surface area contributed by atoms with Crippen molar-refractivity contribution in [2.24, 2.45) is 0 Å². The summed E-state index contributed by atoms with van der Waals surface area (Å²) in [5.74, 6) is -0.942. The average Bonchev–Trinajstić information content (AvgIpc) is 2.82. The van der Waals surface area contributed by atoms with Crippen LogP contribution in [-0.2, 0) is 10.0 Å². The quantitative estimate of drug-likeness (QED) is 0.736. The topological polar surface area (TPSA) is 134 Å². The number of methoxy groups -OCH3 is 1. The molecule has 2 aromatic rings. The Kier molecular flexibility index (Phi) is 3.80. The highest BCUT2D eigenvalue weighted by Crippen LogP contribution is 2.26. The van der Waals surface area contributed by atoms with Gasteiger partial charge in [-0.25, -0.2) is 17.9 Å². The van der Waals surface area contributed by atoms with E-state index in [0.717, 1.165) is 12.1 Å². The molecule has 0 saturated carbocycles. The SMILES string of the molecule is COc1cc(C(=O)O)ccc1S(=O)(=O)Nc1n[nH]c(C)n1. The van der Waals surface area contributed by atoms with Gasteiger partial charge in [0.2, 0.25) is 0 Å². The van der Waals surface area contributed by atoms with Crippen LogP contribution >= 0.6 is 0 Å². The minimum absolute atomic E-state index is 0.0838. The lowest BCUT2D eigenvalue weighted by atomic mass is 10.2. The van der Waals surface area contributed by atoms with Gasteiger partial charge >= 0.3 is 5.97 Å². The molecule has 1 aromatic heterocycles. The standard InChI is InChI=1S/C11H12N4O5S/c1-6-12-11(14-13-6)15-21(18,19)9-4-3-7(10(16)17)5-8(9)20-2/h3-5H,1-2H3,(H,16,17)(H2,12,13,14,15). The first-order chi connectivity index (χ1) is 9.83. The Morgan fingerprint density at radius 3 is 2.67 bits per heavy atom. The number of rotatable bonds is 5. The van der Waals surface area contributed by atoms with Crippen LogP contribution in [0.4, 0.5) is 5.95 Å². The summed E-state index contributed by atoms with van der Waals surface area (Å²) in [6, 6.07) is 3.44. The zero-order valence-corrected chi connectivity index (χ0v) is 11.9. The van der Waals surface area contributed by atoms with Gasteiger partial charge in [0.15, 0.2) is 0 Å². The number of aryl methyl sites for hydroxylation is 1. The molecule has 0 aliphatic carbocycles. The Bertz CT molecular complexity index is 784. The van der Waals surface area contributed by atoms with Crippen LogP contribution < -0.4 is 9.46 Å². The monoisotopic (exact) mass is 312 g/mol. The maximum absolute atomic E-state index is 12.2. The Hall–Kier alpha value is -2.62. The van der Waals surface area contributed by atoms with Gasteiger partial charge in [0, 0.05) is 0 Å². The van der Waals surface area contributed by atoms with Crippen LogP contribution in [0.5, 0.6) is 5.75 Å². The fourth-order valence-corrected chi connectivity index (χ4v) is 2.68. The summed E-state index contributed by atoms with van der Waals surface area (Å²) in [5, 5.41) is 15.1. The van der Waals surface area contributed by atoms with Gasteiger partial charge in [-0.15, -0.1) is 5.10 Å². The van der Waals surface area contributed by atoms with Crippen LogP contribution in [0.15, 0.2) is 23.1 Å². The number of ether oxygens (including phenoxy) is 1. The van der Waals surface area contributed by atoms with E-state index in [2.05, 4.69) is 19.9 Å². The molecule has 1 heterocycles. The third-order valence-electron chi connectivity index (χ3n) is 2.52.